The fourth-order valence-corrected chi connectivity index (χ4v) is 5.14. The zero-order valence-corrected chi connectivity index (χ0v) is 22.2. The highest BCUT2D eigenvalue weighted by Crippen LogP contribution is 2.40. The zero-order valence-electron chi connectivity index (χ0n) is 21.4. The molecule has 38 heavy (non-hydrogen) atoms. The topological polar surface area (TPSA) is 86.3 Å². The van der Waals surface area contributed by atoms with E-state index in [9.17, 15) is 9.90 Å². The van der Waals surface area contributed by atoms with Gasteiger partial charge in [-0.1, -0.05) is 73.3 Å². The molecule has 3 aromatic carbocycles. The molecule has 0 radical (unpaired) electrons. The first kappa shape index (κ1) is 27.7. The van der Waals surface area contributed by atoms with Crippen molar-refractivity contribution in [1.82, 2.24) is 5.32 Å². The Hall–Kier alpha value is -3.30. The van der Waals surface area contributed by atoms with Gasteiger partial charge in [0, 0.05) is 29.2 Å². The van der Waals surface area contributed by atoms with E-state index in [4.69, 9.17) is 18.9 Å². The summed E-state index contributed by atoms with van der Waals surface area (Å²) in [5.41, 5.74) is 3.73. The number of hydrogen-bond donors (Lipinski definition) is 2. The first-order valence-electron chi connectivity index (χ1n) is 12.5. The van der Waals surface area contributed by atoms with E-state index in [1.807, 2.05) is 72.8 Å². The van der Waals surface area contributed by atoms with Crippen LogP contribution in [0, 0.1) is 0 Å². The van der Waals surface area contributed by atoms with Crippen LogP contribution >= 0.6 is 11.8 Å². The van der Waals surface area contributed by atoms with Crippen LogP contribution in [0.5, 0.6) is 5.75 Å². The summed E-state index contributed by atoms with van der Waals surface area (Å²) in [7, 11) is 1.68. The van der Waals surface area contributed by atoms with E-state index in [0.29, 0.717) is 13.0 Å². The molecule has 1 aliphatic heterocycles. The maximum absolute atomic E-state index is 11.7. The lowest BCUT2D eigenvalue weighted by Gasteiger charge is -2.36. The van der Waals surface area contributed by atoms with Crippen LogP contribution in [0.1, 0.15) is 41.1 Å². The second-order valence-corrected chi connectivity index (χ2v) is 9.86. The largest absolute Gasteiger partial charge is 0.496 e. The highest BCUT2D eigenvalue weighted by molar-refractivity contribution is 7.99. The summed E-state index contributed by atoms with van der Waals surface area (Å²) < 4.78 is 23.3. The van der Waals surface area contributed by atoms with Crippen LogP contribution in [0.15, 0.2) is 90.3 Å². The van der Waals surface area contributed by atoms with E-state index >= 15 is 0 Å². The van der Waals surface area contributed by atoms with E-state index < -0.39 is 12.4 Å². The summed E-state index contributed by atoms with van der Waals surface area (Å²) in [6, 6.07) is 23.6. The monoisotopic (exact) mass is 535 g/mol. The van der Waals surface area contributed by atoms with Crippen molar-refractivity contribution in [2.75, 3.05) is 19.5 Å². The number of amides is 1. The molecule has 7 nitrogen and oxygen atoms in total. The lowest BCUT2D eigenvalue weighted by molar-refractivity contribution is -0.245. The second-order valence-electron chi connectivity index (χ2n) is 8.79. The maximum Gasteiger partial charge on any atom is 0.407 e. The minimum Gasteiger partial charge on any atom is -0.496 e. The molecule has 8 heteroatoms. The third-order valence-corrected chi connectivity index (χ3v) is 7.32. The lowest BCUT2D eigenvalue weighted by atomic mass is 10.0. The number of nitrogens with one attached hydrogen (secondary N) is 1. The predicted molar refractivity (Wildman–Crippen MR) is 147 cm³/mol. The van der Waals surface area contributed by atoms with Crippen LogP contribution in [0.2, 0.25) is 0 Å². The highest BCUT2D eigenvalue weighted by Gasteiger charge is 2.32. The number of aliphatic hydroxyl groups is 1. The highest BCUT2D eigenvalue weighted by atomic mass is 32.2. The summed E-state index contributed by atoms with van der Waals surface area (Å²) >= 11 is 1.70. The van der Waals surface area contributed by atoms with Crippen molar-refractivity contribution < 1.29 is 28.8 Å². The van der Waals surface area contributed by atoms with Gasteiger partial charge >= 0.3 is 6.09 Å². The summed E-state index contributed by atoms with van der Waals surface area (Å²) in [4.78, 5) is 12.8. The van der Waals surface area contributed by atoms with Gasteiger partial charge in [0.25, 0.3) is 0 Å². The van der Waals surface area contributed by atoms with Gasteiger partial charge in [-0.05, 0) is 28.8 Å². The third kappa shape index (κ3) is 7.61. The number of aliphatic hydroxyl groups excluding tert-OH is 1. The van der Waals surface area contributed by atoms with Crippen molar-refractivity contribution in [2.45, 2.75) is 43.0 Å². The van der Waals surface area contributed by atoms with Gasteiger partial charge in [-0.2, -0.15) is 0 Å². The Balaban J connectivity index is 1.46. The first-order chi connectivity index (χ1) is 18.6. The van der Waals surface area contributed by atoms with Crippen molar-refractivity contribution in [3.05, 3.63) is 108 Å². The van der Waals surface area contributed by atoms with Crippen molar-refractivity contribution in [3.63, 3.8) is 0 Å². The van der Waals surface area contributed by atoms with E-state index in [1.54, 1.807) is 18.9 Å². The molecular weight excluding hydrogens is 502 g/mol. The molecular formula is C30H33NO6S. The van der Waals surface area contributed by atoms with Crippen LogP contribution in [-0.2, 0) is 27.4 Å². The number of carbonyl (C=O) groups is 1. The minimum absolute atomic E-state index is 0.00287. The lowest BCUT2D eigenvalue weighted by Crippen LogP contribution is -2.31. The van der Waals surface area contributed by atoms with Gasteiger partial charge in [0.05, 0.1) is 25.9 Å². The van der Waals surface area contributed by atoms with E-state index in [0.717, 1.165) is 38.7 Å². The number of ether oxygens (including phenoxy) is 4. The van der Waals surface area contributed by atoms with Crippen LogP contribution < -0.4 is 10.1 Å². The number of benzene rings is 3. The molecule has 1 aliphatic rings. The molecule has 0 unspecified atom stereocenters. The molecule has 0 aromatic heterocycles. The quantitative estimate of drug-likeness (QED) is 0.232. The Kier molecular flexibility index (Phi) is 10.2. The molecule has 1 saturated heterocycles. The number of rotatable bonds is 11. The number of methoxy groups -OCH3 is 1. The van der Waals surface area contributed by atoms with Crippen molar-refractivity contribution in [3.8, 4) is 5.75 Å². The molecule has 0 spiro atoms. The smallest absolute Gasteiger partial charge is 0.407 e. The Labute approximate surface area is 227 Å². The third-order valence-electron chi connectivity index (χ3n) is 6.13. The Morgan fingerprint density at radius 2 is 1.76 bits per heavy atom. The van der Waals surface area contributed by atoms with Crippen molar-refractivity contribution >= 4 is 17.9 Å². The Morgan fingerprint density at radius 1 is 1.05 bits per heavy atom. The average molecular weight is 536 g/mol. The molecule has 0 aliphatic carbocycles. The zero-order chi connectivity index (χ0) is 26.7. The summed E-state index contributed by atoms with van der Waals surface area (Å²) in [6.07, 6.45) is 0.964. The van der Waals surface area contributed by atoms with E-state index in [1.165, 1.54) is 6.08 Å². The number of para-hydroxylation sites is 1. The molecule has 1 fully saturated rings. The van der Waals surface area contributed by atoms with Gasteiger partial charge in [-0.15, -0.1) is 11.8 Å². The fourth-order valence-electron chi connectivity index (χ4n) is 4.10. The SMILES string of the molecule is C=CCOC(=O)NCc1ccc([C@H]2O[C@@H](CSc3ccccc3OC)C[C@@H](c3ccc(CO)cc3)O2)cc1. The first-order valence-corrected chi connectivity index (χ1v) is 13.4. The van der Waals surface area contributed by atoms with Gasteiger partial charge in [-0.3, -0.25) is 0 Å². The summed E-state index contributed by atoms with van der Waals surface area (Å²) in [5.74, 6) is 1.58. The standard InChI is InChI=1S/C30H33NO6S/c1-3-16-35-30(33)31-18-21-8-14-24(15-9-21)29-36-25(20-38-28-7-5-4-6-26(28)34-2)17-27(37-29)23-12-10-22(19-32)11-13-23/h3-15,25,27,29,32H,1,16-20H2,2H3,(H,31,33)/t25-,27+,29+/m1/s1. The molecule has 2 N–H and O–H groups in total. The van der Waals surface area contributed by atoms with Gasteiger partial charge < -0.3 is 29.4 Å². The molecule has 1 heterocycles. The van der Waals surface area contributed by atoms with Crippen LogP contribution in [0.4, 0.5) is 4.79 Å². The molecule has 200 valence electrons. The molecule has 0 saturated carbocycles. The van der Waals surface area contributed by atoms with Crippen molar-refractivity contribution in [1.29, 1.82) is 0 Å². The van der Waals surface area contributed by atoms with E-state index in [-0.39, 0.29) is 25.4 Å². The van der Waals surface area contributed by atoms with E-state index in [2.05, 4.69) is 11.9 Å². The summed E-state index contributed by atoms with van der Waals surface area (Å²) in [6.45, 7) is 4.05. The summed E-state index contributed by atoms with van der Waals surface area (Å²) in [5, 5.41) is 12.1. The number of carbonyl (C=O) groups excluding carboxylic acids is 1. The van der Waals surface area contributed by atoms with Gasteiger partial charge in [-0.25, -0.2) is 4.79 Å². The minimum atomic E-state index is -0.547. The Bertz CT molecular complexity index is 1180. The molecule has 4 rings (SSSR count). The van der Waals surface area contributed by atoms with Crippen LogP contribution in [0.3, 0.4) is 0 Å². The fraction of sp³-hybridized carbons (Fsp3) is 0.300. The molecule has 0 bridgehead atoms. The second kappa shape index (κ2) is 14.0. The number of hydrogen-bond acceptors (Lipinski definition) is 7. The molecule has 3 aromatic rings. The maximum atomic E-state index is 11.7. The number of thioether (sulfide) groups is 1. The van der Waals surface area contributed by atoms with Crippen LogP contribution in [-0.4, -0.2) is 36.8 Å². The van der Waals surface area contributed by atoms with Crippen LogP contribution in [0.25, 0.3) is 0 Å². The molecule has 3 atom stereocenters. The number of alkyl carbamates (subject to hydrolysis) is 1. The van der Waals surface area contributed by atoms with Gasteiger partial charge in [0.1, 0.15) is 12.4 Å². The predicted octanol–water partition coefficient (Wildman–Crippen LogP) is 5.94. The Morgan fingerprint density at radius 3 is 2.47 bits per heavy atom. The van der Waals surface area contributed by atoms with Gasteiger partial charge in [0.15, 0.2) is 6.29 Å². The molecule has 1 amide bonds. The average Bonchev–Trinajstić information content (AvgIpc) is 2.98. The van der Waals surface area contributed by atoms with Crippen molar-refractivity contribution in [2.24, 2.45) is 0 Å². The van der Waals surface area contributed by atoms with Gasteiger partial charge in [0.2, 0.25) is 0 Å². The normalized spacial score (nSPS) is 18.9.